The maximum Gasteiger partial charge on any atom is 0.137 e. The molecule has 1 aliphatic rings. The van der Waals surface area contributed by atoms with Gasteiger partial charge in [0.05, 0.1) is 6.04 Å². The van der Waals surface area contributed by atoms with Crippen LogP contribution in [-0.2, 0) is 9.59 Å². The van der Waals surface area contributed by atoms with E-state index >= 15 is 0 Å². The zero-order valence-electron chi connectivity index (χ0n) is 6.94. The lowest BCUT2D eigenvalue weighted by Crippen LogP contribution is -2.42. The zero-order chi connectivity index (χ0) is 8.81. The second-order valence-corrected chi connectivity index (χ2v) is 3.98. The molecule has 68 valence electrons. The third-order valence-electron chi connectivity index (χ3n) is 2.01. The molecule has 0 N–H and O–H groups in total. The van der Waals surface area contributed by atoms with E-state index in [0.29, 0.717) is 6.42 Å². The van der Waals surface area contributed by atoms with Crippen LogP contribution in [0.25, 0.3) is 0 Å². The fourth-order valence-electron chi connectivity index (χ4n) is 1.30. The summed E-state index contributed by atoms with van der Waals surface area (Å²) in [6.45, 7) is 1.86. The van der Waals surface area contributed by atoms with Crippen molar-refractivity contribution in [3.8, 4) is 0 Å². The fraction of sp³-hybridized carbons (Fsp3) is 0.750. The van der Waals surface area contributed by atoms with Crippen LogP contribution in [0.15, 0.2) is 0 Å². The number of hydrogen-bond donors (Lipinski definition) is 0. The van der Waals surface area contributed by atoms with E-state index in [1.165, 1.54) is 0 Å². The first-order chi connectivity index (χ1) is 5.88. The van der Waals surface area contributed by atoms with Gasteiger partial charge in [-0.2, -0.15) is 11.8 Å². The van der Waals surface area contributed by atoms with Crippen molar-refractivity contribution < 1.29 is 9.59 Å². The third kappa shape index (κ3) is 2.60. The van der Waals surface area contributed by atoms with Crippen molar-refractivity contribution in [2.24, 2.45) is 0 Å². The number of hydrogen-bond acceptors (Lipinski definition) is 4. The molecule has 0 bridgehead atoms. The van der Waals surface area contributed by atoms with Crippen molar-refractivity contribution in [2.75, 3.05) is 24.6 Å². The predicted molar refractivity (Wildman–Crippen MR) is 49.4 cm³/mol. The average molecular weight is 187 g/mol. The van der Waals surface area contributed by atoms with E-state index in [1.54, 1.807) is 0 Å². The van der Waals surface area contributed by atoms with Crippen molar-refractivity contribution >= 4 is 24.3 Å². The second-order valence-electron chi connectivity index (χ2n) is 2.75. The SMILES string of the molecule is O=CCC(C=O)N1CCSCC1. The first-order valence-corrected chi connectivity index (χ1v) is 5.24. The third-order valence-corrected chi connectivity index (χ3v) is 2.95. The minimum absolute atomic E-state index is 0.177. The van der Waals surface area contributed by atoms with E-state index in [1.807, 2.05) is 11.8 Å². The van der Waals surface area contributed by atoms with E-state index in [9.17, 15) is 9.59 Å². The summed E-state index contributed by atoms with van der Waals surface area (Å²) in [6, 6.07) is -0.177. The molecule has 1 saturated heterocycles. The maximum atomic E-state index is 10.6. The van der Waals surface area contributed by atoms with Gasteiger partial charge in [-0.15, -0.1) is 0 Å². The van der Waals surface area contributed by atoms with E-state index in [2.05, 4.69) is 4.90 Å². The van der Waals surface area contributed by atoms with Crippen molar-refractivity contribution in [3.63, 3.8) is 0 Å². The molecular formula is C8H13NO2S. The van der Waals surface area contributed by atoms with Crippen LogP contribution in [0.1, 0.15) is 6.42 Å². The number of thioether (sulfide) groups is 1. The van der Waals surface area contributed by atoms with Crippen LogP contribution in [0.5, 0.6) is 0 Å². The molecule has 0 spiro atoms. The largest absolute Gasteiger partial charge is 0.303 e. The first-order valence-electron chi connectivity index (χ1n) is 4.09. The Kier molecular flexibility index (Phi) is 4.32. The number of rotatable bonds is 4. The molecular weight excluding hydrogens is 174 g/mol. The molecule has 1 atom stereocenters. The lowest BCUT2D eigenvalue weighted by Gasteiger charge is -2.29. The zero-order valence-corrected chi connectivity index (χ0v) is 7.76. The smallest absolute Gasteiger partial charge is 0.137 e. The van der Waals surface area contributed by atoms with E-state index in [0.717, 1.165) is 37.2 Å². The topological polar surface area (TPSA) is 37.4 Å². The number of nitrogens with zero attached hydrogens (tertiary/aromatic N) is 1. The molecule has 1 rings (SSSR count). The van der Waals surface area contributed by atoms with Gasteiger partial charge in [0, 0.05) is 31.0 Å². The van der Waals surface area contributed by atoms with Crippen molar-refractivity contribution in [2.45, 2.75) is 12.5 Å². The first kappa shape index (κ1) is 9.74. The minimum Gasteiger partial charge on any atom is -0.303 e. The molecule has 4 heteroatoms. The Labute approximate surface area is 76.5 Å². The Morgan fingerprint density at radius 1 is 1.33 bits per heavy atom. The normalized spacial score (nSPS) is 21.7. The average Bonchev–Trinajstić information content (AvgIpc) is 2.15. The summed E-state index contributed by atoms with van der Waals surface area (Å²) in [5.74, 6) is 2.15. The minimum atomic E-state index is -0.177. The van der Waals surface area contributed by atoms with Gasteiger partial charge < -0.3 is 9.59 Å². The molecule has 12 heavy (non-hydrogen) atoms. The monoisotopic (exact) mass is 187 g/mol. The van der Waals surface area contributed by atoms with Crippen molar-refractivity contribution in [1.82, 2.24) is 4.90 Å². The van der Waals surface area contributed by atoms with Gasteiger partial charge in [-0.25, -0.2) is 0 Å². The van der Waals surface area contributed by atoms with Crippen LogP contribution in [0, 0.1) is 0 Å². The summed E-state index contributed by atoms with van der Waals surface area (Å²) < 4.78 is 0. The standard InChI is InChI=1S/C8H13NO2S/c10-4-1-8(7-11)9-2-5-12-6-3-9/h4,7-8H,1-3,5-6H2. The van der Waals surface area contributed by atoms with Crippen LogP contribution in [-0.4, -0.2) is 48.1 Å². The van der Waals surface area contributed by atoms with Gasteiger partial charge in [-0.05, 0) is 0 Å². The van der Waals surface area contributed by atoms with Gasteiger partial charge in [-0.3, -0.25) is 4.90 Å². The van der Waals surface area contributed by atoms with Gasteiger partial charge in [-0.1, -0.05) is 0 Å². The molecule has 0 aliphatic carbocycles. The summed E-state index contributed by atoms with van der Waals surface area (Å²) in [4.78, 5) is 22.9. The number of aldehydes is 2. The van der Waals surface area contributed by atoms with Crippen LogP contribution in [0.4, 0.5) is 0 Å². The van der Waals surface area contributed by atoms with E-state index in [4.69, 9.17) is 0 Å². The molecule has 0 aromatic rings. The Balaban J connectivity index is 2.39. The highest BCUT2D eigenvalue weighted by Crippen LogP contribution is 2.12. The number of carbonyl (C=O) groups excluding carboxylic acids is 2. The van der Waals surface area contributed by atoms with Crippen LogP contribution < -0.4 is 0 Å². The molecule has 0 aromatic heterocycles. The second kappa shape index (κ2) is 5.32. The van der Waals surface area contributed by atoms with Crippen LogP contribution in [0.2, 0.25) is 0 Å². The van der Waals surface area contributed by atoms with Gasteiger partial charge in [0.1, 0.15) is 12.6 Å². The Morgan fingerprint density at radius 3 is 2.50 bits per heavy atom. The van der Waals surface area contributed by atoms with Gasteiger partial charge in [0.2, 0.25) is 0 Å². The van der Waals surface area contributed by atoms with Gasteiger partial charge in [0.15, 0.2) is 0 Å². The summed E-state index contributed by atoms with van der Waals surface area (Å²) in [7, 11) is 0. The fourth-order valence-corrected chi connectivity index (χ4v) is 2.23. The molecule has 3 nitrogen and oxygen atoms in total. The quantitative estimate of drug-likeness (QED) is 0.589. The summed E-state index contributed by atoms with van der Waals surface area (Å²) in [5, 5.41) is 0. The molecule has 1 heterocycles. The molecule has 0 aromatic carbocycles. The molecule has 1 unspecified atom stereocenters. The summed E-state index contributed by atoms with van der Waals surface area (Å²) >= 11 is 1.90. The summed E-state index contributed by atoms with van der Waals surface area (Å²) in [5.41, 5.74) is 0. The van der Waals surface area contributed by atoms with E-state index in [-0.39, 0.29) is 6.04 Å². The van der Waals surface area contributed by atoms with Crippen LogP contribution >= 0.6 is 11.8 Å². The van der Waals surface area contributed by atoms with Gasteiger partial charge >= 0.3 is 0 Å². The van der Waals surface area contributed by atoms with Gasteiger partial charge in [0.25, 0.3) is 0 Å². The molecule has 0 saturated carbocycles. The highest BCUT2D eigenvalue weighted by Gasteiger charge is 2.19. The Bertz CT molecular complexity index is 157. The highest BCUT2D eigenvalue weighted by atomic mass is 32.2. The maximum absolute atomic E-state index is 10.6. The Hall–Kier alpha value is -0.350. The lowest BCUT2D eigenvalue weighted by molar-refractivity contribution is -0.116. The molecule has 1 fully saturated rings. The predicted octanol–water partition coefficient (Wildman–Crippen LogP) is 0.192. The highest BCUT2D eigenvalue weighted by molar-refractivity contribution is 7.99. The van der Waals surface area contributed by atoms with E-state index < -0.39 is 0 Å². The molecule has 1 aliphatic heterocycles. The number of carbonyl (C=O) groups is 2. The van der Waals surface area contributed by atoms with Crippen LogP contribution in [0.3, 0.4) is 0 Å². The summed E-state index contributed by atoms with van der Waals surface area (Å²) in [6.07, 6.45) is 2.04. The van der Waals surface area contributed by atoms with Crippen molar-refractivity contribution in [1.29, 1.82) is 0 Å². The lowest BCUT2D eigenvalue weighted by atomic mass is 10.2. The molecule has 0 radical (unpaired) electrons. The molecule has 0 amide bonds. The van der Waals surface area contributed by atoms with Crippen molar-refractivity contribution in [3.05, 3.63) is 0 Å². The Morgan fingerprint density at radius 2 is 2.00 bits per heavy atom.